The van der Waals surface area contributed by atoms with E-state index in [2.05, 4.69) is 15.1 Å². The third-order valence-corrected chi connectivity index (χ3v) is 5.10. The molecule has 1 aliphatic rings. The maximum atomic E-state index is 13.4. The summed E-state index contributed by atoms with van der Waals surface area (Å²) < 4.78 is 37.2. The number of piperidine rings is 1. The molecule has 0 bridgehead atoms. The minimum Gasteiger partial charge on any atom is -0.408 e. The third-order valence-electron chi connectivity index (χ3n) is 5.10. The lowest BCUT2D eigenvalue weighted by Crippen LogP contribution is -2.39. The number of rotatable bonds is 3. The molecule has 1 fully saturated rings. The average Bonchev–Trinajstić information content (AvgIpc) is 3.22. The van der Waals surface area contributed by atoms with Gasteiger partial charge in [0.1, 0.15) is 0 Å². The van der Waals surface area contributed by atoms with Crippen molar-refractivity contribution in [3.05, 3.63) is 59.2 Å². The van der Waals surface area contributed by atoms with E-state index in [9.17, 15) is 13.6 Å². The molecule has 0 radical (unpaired) electrons. The number of aromatic nitrogens is 3. The van der Waals surface area contributed by atoms with Crippen molar-refractivity contribution in [2.75, 3.05) is 13.1 Å². The van der Waals surface area contributed by atoms with E-state index in [0.29, 0.717) is 48.8 Å². The Morgan fingerprint density at radius 1 is 1.10 bits per heavy atom. The molecule has 0 unspecified atom stereocenters. The van der Waals surface area contributed by atoms with Crippen molar-refractivity contribution in [1.29, 1.82) is 0 Å². The van der Waals surface area contributed by atoms with Crippen molar-refractivity contribution < 1.29 is 22.8 Å². The number of hydrogen-bond donors (Lipinski definition) is 0. The minimum atomic E-state index is -0.974. The predicted molar refractivity (Wildman–Crippen MR) is 103 cm³/mol. The zero-order valence-corrected chi connectivity index (χ0v) is 16.6. The summed E-state index contributed by atoms with van der Waals surface area (Å²) in [6.45, 7) is 4.63. The molecule has 3 heterocycles. The summed E-state index contributed by atoms with van der Waals surface area (Å²) >= 11 is 0. The quantitative estimate of drug-likeness (QED) is 0.632. The normalized spacial score (nSPS) is 14.7. The first-order valence-electron chi connectivity index (χ1n) is 9.61. The SMILES string of the molecule is Cc1ccc(OC(=O)N2CCC(c3noc(-c4ccc(F)c(F)c4)n3)CC2)c(C)n1. The van der Waals surface area contributed by atoms with E-state index in [4.69, 9.17) is 9.26 Å². The van der Waals surface area contributed by atoms with Crippen molar-refractivity contribution >= 4 is 6.09 Å². The Morgan fingerprint density at radius 2 is 1.87 bits per heavy atom. The standard InChI is InChI=1S/C21H20F2N4O3/c1-12-3-6-18(13(2)24-12)29-21(28)27-9-7-14(8-10-27)19-25-20(30-26-19)15-4-5-16(22)17(23)11-15/h3-6,11,14H,7-10H2,1-2H3. The van der Waals surface area contributed by atoms with Gasteiger partial charge in [0.2, 0.25) is 0 Å². The van der Waals surface area contributed by atoms with Crippen LogP contribution in [-0.2, 0) is 0 Å². The smallest absolute Gasteiger partial charge is 0.408 e. The van der Waals surface area contributed by atoms with Crippen molar-refractivity contribution in [2.24, 2.45) is 0 Å². The second-order valence-corrected chi connectivity index (χ2v) is 7.25. The second kappa shape index (κ2) is 8.17. The predicted octanol–water partition coefficient (Wildman–Crippen LogP) is 4.41. The van der Waals surface area contributed by atoms with Crippen LogP contribution in [0.15, 0.2) is 34.9 Å². The Labute approximate surface area is 171 Å². The van der Waals surface area contributed by atoms with Gasteiger partial charge in [-0.1, -0.05) is 5.16 Å². The van der Waals surface area contributed by atoms with Crippen LogP contribution in [0.4, 0.5) is 13.6 Å². The van der Waals surface area contributed by atoms with Crippen LogP contribution in [0.1, 0.15) is 36.0 Å². The van der Waals surface area contributed by atoms with Crippen LogP contribution >= 0.6 is 0 Å². The van der Waals surface area contributed by atoms with Gasteiger partial charge in [-0.05, 0) is 57.0 Å². The number of carbonyl (C=O) groups is 1. The maximum absolute atomic E-state index is 13.4. The van der Waals surface area contributed by atoms with Gasteiger partial charge in [0.25, 0.3) is 5.89 Å². The van der Waals surface area contributed by atoms with Crippen LogP contribution in [0, 0.1) is 25.5 Å². The fourth-order valence-corrected chi connectivity index (χ4v) is 3.41. The first-order valence-corrected chi connectivity index (χ1v) is 9.61. The number of pyridine rings is 1. The van der Waals surface area contributed by atoms with Gasteiger partial charge in [-0.25, -0.2) is 13.6 Å². The highest BCUT2D eigenvalue weighted by atomic mass is 19.2. The molecule has 1 aromatic carbocycles. The summed E-state index contributed by atoms with van der Waals surface area (Å²) in [7, 11) is 0. The van der Waals surface area contributed by atoms with E-state index in [1.165, 1.54) is 6.07 Å². The highest BCUT2D eigenvalue weighted by molar-refractivity contribution is 5.71. The lowest BCUT2D eigenvalue weighted by Gasteiger charge is -2.29. The van der Waals surface area contributed by atoms with Crippen molar-refractivity contribution in [1.82, 2.24) is 20.0 Å². The van der Waals surface area contributed by atoms with Crippen LogP contribution in [0.25, 0.3) is 11.5 Å². The summed E-state index contributed by atoms with van der Waals surface area (Å²) in [4.78, 5) is 22.7. The van der Waals surface area contributed by atoms with Gasteiger partial charge in [-0.15, -0.1) is 0 Å². The molecular weight excluding hydrogens is 394 g/mol. The molecule has 3 aromatic rings. The van der Waals surface area contributed by atoms with E-state index >= 15 is 0 Å². The first-order chi connectivity index (χ1) is 14.4. The number of hydrogen-bond acceptors (Lipinski definition) is 6. The summed E-state index contributed by atoms with van der Waals surface area (Å²) in [5.41, 5.74) is 1.83. The Balaban J connectivity index is 1.37. The molecule has 0 atom stereocenters. The number of halogens is 2. The van der Waals surface area contributed by atoms with E-state index in [-0.39, 0.29) is 11.8 Å². The molecule has 4 rings (SSSR count). The Bertz CT molecular complexity index is 1080. The van der Waals surface area contributed by atoms with Crippen LogP contribution in [0.2, 0.25) is 0 Å². The molecule has 0 aliphatic carbocycles. The molecule has 1 aliphatic heterocycles. The van der Waals surface area contributed by atoms with Gasteiger partial charge in [0.15, 0.2) is 23.2 Å². The van der Waals surface area contributed by atoms with Crippen molar-refractivity contribution in [2.45, 2.75) is 32.6 Å². The van der Waals surface area contributed by atoms with E-state index in [1.54, 1.807) is 24.0 Å². The highest BCUT2D eigenvalue weighted by Crippen LogP contribution is 2.29. The molecular formula is C21H20F2N4O3. The van der Waals surface area contributed by atoms with E-state index in [1.807, 2.05) is 6.92 Å². The molecule has 7 nitrogen and oxygen atoms in total. The summed E-state index contributed by atoms with van der Waals surface area (Å²) in [6, 6.07) is 6.96. The van der Waals surface area contributed by atoms with Crippen LogP contribution in [0.5, 0.6) is 5.75 Å². The molecule has 30 heavy (non-hydrogen) atoms. The summed E-state index contributed by atoms with van der Waals surface area (Å²) in [6.07, 6.45) is 0.853. The number of benzene rings is 1. The Hall–Kier alpha value is -3.36. The van der Waals surface area contributed by atoms with Gasteiger partial charge in [-0.3, -0.25) is 4.98 Å². The van der Waals surface area contributed by atoms with Gasteiger partial charge in [0, 0.05) is 30.3 Å². The van der Waals surface area contributed by atoms with Crippen molar-refractivity contribution in [3.8, 4) is 17.2 Å². The third kappa shape index (κ3) is 4.14. The molecule has 1 amide bonds. The molecule has 1 saturated heterocycles. The monoisotopic (exact) mass is 414 g/mol. The zero-order valence-electron chi connectivity index (χ0n) is 16.6. The number of amides is 1. The Morgan fingerprint density at radius 3 is 2.57 bits per heavy atom. The lowest BCUT2D eigenvalue weighted by molar-refractivity contribution is 0.137. The van der Waals surface area contributed by atoms with E-state index in [0.717, 1.165) is 17.8 Å². The van der Waals surface area contributed by atoms with Crippen molar-refractivity contribution in [3.63, 3.8) is 0 Å². The number of likely N-dealkylation sites (tertiary alicyclic amines) is 1. The van der Waals surface area contributed by atoms with Gasteiger partial charge in [-0.2, -0.15) is 4.98 Å². The molecule has 0 N–H and O–H groups in total. The lowest BCUT2D eigenvalue weighted by atomic mass is 9.96. The first kappa shape index (κ1) is 19.9. The number of carbonyl (C=O) groups excluding carboxylic acids is 1. The average molecular weight is 414 g/mol. The highest BCUT2D eigenvalue weighted by Gasteiger charge is 2.28. The molecule has 0 spiro atoms. The van der Waals surface area contributed by atoms with Crippen LogP contribution in [0.3, 0.4) is 0 Å². The zero-order chi connectivity index (χ0) is 21.3. The summed E-state index contributed by atoms with van der Waals surface area (Å²) in [5.74, 6) is -0.844. The van der Waals surface area contributed by atoms with Gasteiger partial charge >= 0.3 is 6.09 Å². The minimum absolute atomic E-state index is 0.000349. The number of ether oxygens (including phenoxy) is 1. The fraction of sp³-hybridized carbons (Fsp3) is 0.333. The van der Waals surface area contributed by atoms with Gasteiger partial charge in [0.05, 0.1) is 5.69 Å². The molecule has 2 aromatic heterocycles. The topological polar surface area (TPSA) is 81.4 Å². The molecule has 156 valence electrons. The molecule has 0 saturated carbocycles. The summed E-state index contributed by atoms with van der Waals surface area (Å²) in [5, 5.41) is 3.98. The molecule has 9 heteroatoms. The van der Waals surface area contributed by atoms with Gasteiger partial charge < -0.3 is 14.2 Å². The largest absolute Gasteiger partial charge is 0.415 e. The fourth-order valence-electron chi connectivity index (χ4n) is 3.41. The maximum Gasteiger partial charge on any atom is 0.415 e. The van der Waals surface area contributed by atoms with E-state index < -0.39 is 17.7 Å². The van der Waals surface area contributed by atoms with Crippen LogP contribution in [-0.4, -0.2) is 39.2 Å². The van der Waals surface area contributed by atoms with Crippen LogP contribution < -0.4 is 4.74 Å². The second-order valence-electron chi connectivity index (χ2n) is 7.25. The number of nitrogens with zero attached hydrogens (tertiary/aromatic N) is 4. The number of aryl methyl sites for hydroxylation is 2. The Kier molecular flexibility index (Phi) is 5.43.